The van der Waals surface area contributed by atoms with Crippen LogP contribution < -0.4 is 16.0 Å². The van der Waals surface area contributed by atoms with Crippen molar-refractivity contribution in [2.75, 3.05) is 20.1 Å². The Balaban J connectivity index is 1.52. The monoisotopic (exact) mass is 442 g/mol. The number of hydrogen-bond acceptors (Lipinski definition) is 2. The van der Waals surface area contributed by atoms with Gasteiger partial charge in [0.25, 0.3) is 5.91 Å². The summed E-state index contributed by atoms with van der Waals surface area (Å²) >= 11 is 3.57. The van der Waals surface area contributed by atoms with Crippen molar-refractivity contribution in [2.45, 2.75) is 31.7 Å². The van der Waals surface area contributed by atoms with Crippen LogP contribution in [0.1, 0.15) is 41.3 Å². The Morgan fingerprint density at radius 3 is 2.46 bits per heavy atom. The number of benzene rings is 2. The summed E-state index contributed by atoms with van der Waals surface area (Å²) in [5.41, 5.74) is 3.35. The Kier molecular flexibility index (Phi) is 6.73. The summed E-state index contributed by atoms with van der Waals surface area (Å²) in [6.45, 7) is 4.06. The molecular formula is C22H27BrN4O. The molecule has 0 saturated heterocycles. The zero-order valence-corrected chi connectivity index (χ0v) is 18.0. The van der Waals surface area contributed by atoms with E-state index < -0.39 is 0 Å². The zero-order valence-electron chi connectivity index (χ0n) is 16.4. The zero-order chi connectivity index (χ0) is 20.0. The minimum Gasteiger partial charge on any atom is -0.356 e. The molecule has 1 saturated carbocycles. The van der Waals surface area contributed by atoms with Crippen molar-refractivity contribution in [1.29, 1.82) is 0 Å². The summed E-state index contributed by atoms with van der Waals surface area (Å²) in [4.78, 5) is 16.2. The number of halogens is 1. The van der Waals surface area contributed by atoms with Gasteiger partial charge < -0.3 is 16.0 Å². The van der Waals surface area contributed by atoms with E-state index in [0.29, 0.717) is 18.7 Å². The Hall–Kier alpha value is -2.34. The molecular weight excluding hydrogens is 416 g/mol. The van der Waals surface area contributed by atoms with Crippen LogP contribution in [0.3, 0.4) is 0 Å². The summed E-state index contributed by atoms with van der Waals surface area (Å²) in [6.07, 6.45) is 2.38. The molecule has 0 radical (unpaired) electrons. The molecule has 0 heterocycles. The van der Waals surface area contributed by atoms with Gasteiger partial charge in [0.1, 0.15) is 0 Å². The highest BCUT2D eigenvalue weighted by molar-refractivity contribution is 9.10. The van der Waals surface area contributed by atoms with Gasteiger partial charge in [0, 0.05) is 42.1 Å². The van der Waals surface area contributed by atoms with Crippen molar-refractivity contribution >= 4 is 27.8 Å². The number of rotatable bonds is 7. The van der Waals surface area contributed by atoms with Gasteiger partial charge in [0.2, 0.25) is 0 Å². The van der Waals surface area contributed by atoms with Crippen LogP contribution in [-0.4, -0.2) is 32.0 Å². The van der Waals surface area contributed by atoms with Gasteiger partial charge in [-0.1, -0.05) is 40.2 Å². The summed E-state index contributed by atoms with van der Waals surface area (Å²) in [6, 6.07) is 16.2. The predicted molar refractivity (Wildman–Crippen MR) is 118 cm³/mol. The third-order valence-electron chi connectivity index (χ3n) is 5.12. The van der Waals surface area contributed by atoms with Gasteiger partial charge in [-0.3, -0.25) is 9.79 Å². The first kappa shape index (κ1) is 20.4. The Labute approximate surface area is 175 Å². The standard InChI is InChI=1S/C22H27BrN4O/c1-3-25-20(28)17-9-7-16(8-10-17)14-26-21(24-2)27-15-22(11-12-22)18-5-4-6-19(23)13-18/h4-10,13H,3,11-12,14-15H2,1-2H3,(H,25,28)(H2,24,26,27). The number of hydrogen-bond donors (Lipinski definition) is 3. The molecule has 6 heteroatoms. The molecule has 1 aliphatic carbocycles. The second-order valence-corrected chi connectivity index (χ2v) is 8.04. The summed E-state index contributed by atoms with van der Waals surface area (Å²) < 4.78 is 1.12. The molecule has 0 aromatic heterocycles. The minimum atomic E-state index is -0.0400. The van der Waals surface area contributed by atoms with E-state index in [1.54, 1.807) is 7.05 Å². The molecule has 1 fully saturated rings. The van der Waals surface area contributed by atoms with E-state index in [2.05, 4.69) is 61.1 Å². The van der Waals surface area contributed by atoms with Crippen LogP contribution in [0.25, 0.3) is 0 Å². The normalized spacial score (nSPS) is 15.0. The third-order valence-corrected chi connectivity index (χ3v) is 5.62. The number of aliphatic imine (C=N–C) groups is 1. The molecule has 0 bridgehead atoms. The van der Waals surface area contributed by atoms with Gasteiger partial charge in [0.05, 0.1) is 0 Å². The van der Waals surface area contributed by atoms with Crippen molar-refractivity contribution < 1.29 is 4.79 Å². The highest BCUT2D eigenvalue weighted by Crippen LogP contribution is 2.48. The van der Waals surface area contributed by atoms with E-state index in [4.69, 9.17) is 0 Å². The molecule has 2 aromatic rings. The van der Waals surface area contributed by atoms with Gasteiger partial charge in [-0.25, -0.2) is 0 Å². The van der Waals surface area contributed by atoms with E-state index in [0.717, 1.165) is 22.5 Å². The van der Waals surface area contributed by atoms with Crippen molar-refractivity contribution in [3.8, 4) is 0 Å². The van der Waals surface area contributed by atoms with Crippen molar-refractivity contribution in [3.05, 3.63) is 69.7 Å². The number of nitrogens with zero attached hydrogens (tertiary/aromatic N) is 1. The molecule has 0 unspecified atom stereocenters. The molecule has 0 atom stereocenters. The van der Waals surface area contributed by atoms with Crippen molar-refractivity contribution in [3.63, 3.8) is 0 Å². The second-order valence-electron chi connectivity index (χ2n) is 7.13. The molecule has 0 spiro atoms. The maximum absolute atomic E-state index is 11.8. The highest BCUT2D eigenvalue weighted by atomic mass is 79.9. The summed E-state index contributed by atoms with van der Waals surface area (Å²) in [7, 11) is 1.78. The van der Waals surface area contributed by atoms with E-state index in [-0.39, 0.29) is 11.3 Å². The van der Waals surface area contributed by atoms with Gasteiger partial charge in [-0.15, -0.1) is 0 Å². The molecule has 3 rings (SSSR count). The summed E-state index contributed by atoms with van der Waals surface area (Å²) in [5, 5.41) is 9.63. The third kappa shape index (κ3) is 5.13. The topological polar surface area (TPSA) is 65.5 Å². The van der Waals surface area contributed by atoms with Crippen LogP contribution in [0.5, 0.6) is 0 Å². The molecule has 3 N–H and O–H groups in total. The lowest BCUT2D eigenvalue weighted by Gasteiger charge is -2.19. The SMILES string of the molecule is CCNC(=O)c1ccc(CNC(=NC)NCC2(c3cccc(Br)c3)CC2)cc1. The number of amides is 1. The van der Waals surface area contributed by atoms with Gasteiger partial charge in [-0.2, -0.15) is 0 Å². The van der Waals surface area contributed by atoms with Gasteiger partial charge in [-0.05, 0) is 55.2 Å². The lowest BCUT2D eigenvalue weighted by atomic mass is 9.96. The van der Waals surface area contributed by atoms with Crippen molar-refractivity contribution in [1.82, 2.24) is 16.0 Å². The number of carbonyl (C=O) groups is 1. The van der Waals surface area contributed by atoms with Gasteiger partial charge >= 0.3 is 0 Å². The van der Waals surface area contributed by atoms with Crippen LogP contribution in [0.4, 0.5) is 0 Å². The molecule has 1 aliphatic rings. The number of guanidine groups is 1. The molecule has 1 amide bonds. The van der Waals surface area contributed by atoms with E-state index in [1.165, 1.54) is 18.4 Å². The molecule has 2 aromatic carbocycles. The largest absolute Gasteiger partial charge is 0.356 e. The highest BCUT2D eigenvalue weighted by Gasteiger charge is 2.44. The lowest BCUT2D eigenvalue weighted by Crippen LogP contribution is -2.40. The molecule has 148 valence electrons. The Morgan fingerprint density at radius 2 is 1.86 bits per heavy atom. The smallest absolute Gasteiger partial charge is 0.251 e. The summed E-state index contributed by atoms with van der Waals surface area (Å²) in [5.74, 6) is 0.746. The predicted octanol–water partition coefficient (Wildman–Crippen LogP) is 3.60. The maximum atomic E-state index is 11.8. The van der Waals surface area contributed by atoms with Crippen molar-refractivity contribution in [2.24, 2.45) is 4.99 Å². The van der Waals surface area contributed by atoms with Crippen LogP contribution in [0.2, 0.25) is 0 Å². The first-order valence-corrected chi connectivity index (χ1v) is 10.4. The quantitative estimate of drug-likeness (QED) is 0.453. The van der Waals surface area contributed by atoms with Crippen LogP contribution >= 0.6 is 15.9 Å². The Bertz CT molecular complexity index is 844. The first-order valence-electron chi connectivity index (χ1n) is 9.64. The van der Waals surface area contributed by atoms with Crippen LogP contribution in [0, 0.1) is 0 Å². The van der Waals surface area contributed by atoms with Crippen LogP contribution in [-0.2, 0) is 12.0 Å². The number of carbonyl (C=O) groups excluding carboxylic acids is 1. The number of nitrogens with one attached hydrogen (secondary N) is 3. The first-order chi connectivity index (χ1) is 13.6. The fourth-order valence-electron chi connectivity index (χ4n) is 3.23. The van der Waals surface area contributed by atoms with E-state index in [9.17, 15) is 4.79 Å². The fraction of sp³-hybridized carbons (Fsp3) is 0.364. The molecule has 28 heavy (non-hydrogen) atoms. The van der Waals surface area contributed by atoms with Crippen LogP contribution in [0.15, 0.2) is 58.0 Å². The lowest BCUT2D eigenvalue weighted by molar-refractivity contribution is 0.0956. The average molecular weight is 443 g/mol. The average Bonchev–Trinajstić information content (AvgIpc) is 3.50. The Morgan fingerprint density at radius 1 is 1.11 bits per heavy atom. The van der Waals surface area contributed by atoms with E-state index >= 15 is 0 Å². The fourth-order valence-corrected chi connectivity index (χ4v) is 3.63. The molecule has 5 nitrogen and oxygen atoms in total. The maximum Gasteiger partial charge on any atom is 0.251 e. The molecule has 0 aliphatic heterocycles. The minimum absolute atomic E-state index is 0.0400. The second kappa shape index (κ2) is 9.24. The van der Waals surface area contributed by atoms with Gasteiger partial charge in [0.15, 0.2) is 5.96 Å². The van der Waals surface area contributed by atoms with E-state index in [1.807, 2.05) is 31.2 Å².